The maximum Gasteiger partial charge on any atom is 0.337 e. The molecule has 1 aliphatic rings. The largest absolute Gasteiger partial charge is 0.494 e. The van der Waals surface area contributed by atoms with Crippen LogP contribution in [-0.2, 0) is 20.9 Å². The summed E-state index contributed by atoms with van der Waals surface area (Å²) in [5, 5.41) is 3.16. The number of methoxy groups -OCH3 is 1. The fourth-order valence-corrected chi connectivity index (χ4v) is 4.92. The first-order valence-corrected chi connectivity index (χ1v) is 13.1. The van der Waals surface area contributed by atoms with Crippen molar-refractivity contribution in [3.05, 3.63) is 88.9 Å². The fraction of sp³-hybridized carbons (Fsp3) is 0.214. The van der Waals surface area contributed by atoms with E-state index in [4.69, 9.17) is 26.1 Å². The molecule has 0 radical (unpaired) electrons. The molecule has 1 atom stereocenters. The molecule has 1 heterocycles. The van der Waals surface area contributed by atoms with E-state index in [1.807, 2.05) is 31.2 Å². The summed E-state index contributed by atoms with van der Waals surface area (Å²) in [5.41, 5.74) is 2.39. The third-order valence-corrected chi connectivity index (χ3v) is 7.07. The smallest absolute Gasteiger partial charge is 0.337 e. The fourth-order valence-electron chi connectivity index (χ4n) is 3.69. The van der Waals surface area contributed by atoms with Crippen LogP contribution in [-0.4, -0.2) is 46.8 Å². The molecule has 1 N–H and O–H groups in total. The molecule has 8 nitrogen and oxygen atoms in total. The normalized spacial score (nSPS) is 16.3. The molecule has 2 amide bonds. The maximum atomic E-state index is 13.3. The minimum absolute atomic E-state index is 0.00658. The zero-order valence-electron chi connectivity index (χ0n) is 20.8. The summed E-state index contributed by atoms with van der Waals surface area (Å²) in [6.45, 7) is 2.75. The topological polar surface area (TPSA) is 97.3 Å². The van der Waals surface area contributed by atoms with Gasteiger partial charge in [-0.3, -0.25) is 14.5 Å². The molecule has 0 aromatic heterocycles. The molecule has 38 heavy (non-hydrogen) atoms. The van der Waals surface area contributed by atoms with Crippen molar-refractivity contribution in [2.45, 2.75) is 25.1 Å². The lowest BCUT2D eigenvalue weighted by Crippen LogP contribution is -2.44. The van der Waals surface area contributed by atoms with Crippen molar-refractivity contribution in [1.29, 1.82) is 0 Å². The molecular weight excluding hydrogens is 526 g/mol. The van der Waals surface area contributed by atoms with Gasteiger partial charge >= 0.3 is 5.97 Å². The van der Waals surface area contributed by atoms with Crippen LogP contribution in [0.25, 0.3) is 0 Å². The number of nitrogens with one attached hydrogen (secondary N) is 1. The predicted molar refractivity (Wildman–Crippen MR) is 149 cm³/mol. The molecule has 0 bridgehead atoms. The lowest BCUT2D eigenvalue weighted by atomic mass is 10.2. The van der Waals surface area contributed by atoms with Crippen LogP contribution in [0.4, 0.5) is 11.4 Å². The highest BCUT2D eigenvalue weighted by molar-refractivity contribution is 8.15. The molecule has 0 saturated carbocycles. The van der Waals surface area contributed by atoms with Gasteiger partial charge in [0.25, 0.3) is 0 Å². The van der Waals surface area contributed by atoms with E-state index < -0.39 is 11.2 Å². The molecule has 10 heteroatoms. The second-order valence-electron chi connectivity index (χ2n) is 8.30. The number of hydrogen-bond acceptors (Lipinski definition) is 7. The van der Waals surface area contributed by atoms with E-state index >= 15 is 0 Å². The highest BCUT2D eigenvalue weighted by atomic mass is 35.5. The molecule has 0 unspecified atom stereocenters. The van der Waals surface area contributed by atoms with Crippen molar-refractivity contribution < 1.29 is 23.9 Å². The highest BCUT2D eigenvalue weighted by Gasteiger charge is 2.36. The van der Waals surface area contributed by atoms with E-state index in [1.54, 1.807) is 53.4 Å². The minimum atomic E-state index is -0.689. The van der Waals surface area contributed by atoms with Gasteiger partial charge in [-0.25, -0.2) is 9.79 Å². The Kier molecular flexibility index (Phi) is 9.04. The van der Waals surface area contributed by atoms with Crippen LogP contribution >= 0.6 is 23.4 Å². The third-order valence-electron chi connectivity index (χ3n) is 5.63. The Bertz CT molecular complexity index is 1330. The monoisotopic (exact) mass is 551 g/mol. The van der Waals surface area contributed by atoms with E-state index in [9.17, 15) is 14.4 Å². The van der Waals surface area contributed by atoms with Crippen LogP contribution in [0, 0.1) is 0 Å². The number of carbonyl (C=O) groups is 3. The number of thioether (sulfide) groups is 1. The number of halogens is 1. The van der Waals surface area contributed by atoms with E-state index in [-0.39, 0.29) is 18.2 Å². The number of amidine groups is 1. The average molecular weight is 552 g/mol. The van der Waals surface area contributed by atoms with Gasteiger partial charge in [0.15, 0.2) is 5.17 Å². The molecule has 3 aromatic rings. The minimum Gasteiger partial charge on any atom is -0.494 e. The van der Waals surface area contributed by atoms with Crippen LogP contribution in [0.2, 0.25) is 5.02 Å². The number of rotatable bonds is 8. The lowest BCUT2D eigenvalue weighted by molar-refractivity contribution is -0.129. The van der Waals surface area contributed by atoms with Crippen LogP contribution in [0.15, 0.2) is 77.8 Å². The number of nitrogens with zero attached hydrogens (tertiary/aromatic N) is 2. The van der Waals surface area contributed by atoms with Crippen LogP contribution < -0.4 is 10.1 Å². The van der Waals surface area contributed by atoms with Gasteiger partial charge in [0, 0.05) is 17.1 Å². The van der Waals surface area contributed by atoms with Gasteiger partial charge in [0.1, 0.15) is 11.0 Å². The van der Waals surface area contributed by atoms with Crippen LogP contribution in [0.5, 0.6) is 5.75 Å². The first kappa shape index (κ1) is 27.2. The number of esters is 1. The number of carbonyl (C=O) groups excluding carboxylic acids is 3. The average Bonchev–Trinajstić information content (AvgIpc) is 2.92. The molecule has 4 rings (SSSR count). The number of amides is 2. The molecule has 3 aromatic carbocycles. The molecule has 196 valence electrons. The van der Waals surface area contributed by atoms with E-state index in [1.165, 1.54) is 18.9 Å². The van der Waals surface area contributed by atoms with Gasteiger partial charge in [-0.1, -0.05) is 35.5 Å². The number of aliphatic imine (C=N–C) groups is 1. The third kappa shape index (κ3) is 6.93. The van der Waals surface area contributed by atoms with Crippen molar-refractivity contribution in [3.63, 3.8) is 0 Å². The van der Waals surface area contributed by atoms with Crippen LogP contribution in [0.3, 0.4) is 0 Å². The number of ether oxygens (including phenoxy) is 2. The second kappa shape index (κ2) is 12.6. The van der Waals surface area contributed by atoms with Gasteiger partial charge < -0.3 is 14.8 Å². The molecule has 1 fully saturated rings. The van der Waals surface area contributed by atoms with E-state index in [0.717, 1.165) is 11.3 Å². The Hall–Kier alpha value is -3.82. The molecule has 1 saturated heterocycles. The number of hydrogen-bond donors (Lipinski definition) is 1. The standard InChI is InChI=1S/C28H26ClN3O5S/c1-3-37-23-14-12-22(13-15-23)31-28-32(17-18-4-8-20(29)9-5-18)25(33)16-24(38-28)26(34)30-21-10-6-19(7-11-21)27(35)36-2/h4-15,24H,3,16-17H2,1-2H3,(H,30,34)/t24-/m0/s1. The Balaban J connectivity index is 1.55. The van der Waals surface area contributed by atoms with Crippen molar-refractivity contribution in [3.8, 4) is 5.75 Å². The van der Waals surface area contributed by atoms with Crippen molar-refractivity contribution in [2.75, 3.05) is 19.0 Å². The highest BCUT2D eigenvalue weighted by Crippen LogP contribution is 2.31. The summed E-state index contributed by atoms with van der Waals surface area (Å²) in [4.78, 5) is 44.4. The number of benzene rings is 3. The van der Waals surface area contributed by atoms with Gasteiger partial charge in [0.05, 0.1) is 31.5 Å². The SMILES string of the molecule is CCOc1ccc(N=C2S[C@H](C(=O)Nc3ccc(C(=O)OC)cc3)CC(=O)N2Cc2ccc(Cl)cc2)cc1. The summed E-state index contributed by atoms with van der Waals surface area (Å²) >= 11 is 7.25. The van der Waals surface area contributed by atoms with E-state index in [0.29, 0.717) is 40.3 Å². The quantitative estimate of drug-likeness (QED) is 0.361. The molecule has 0 spiro atoms. The zero-order valence-corrected chi connectivity index (χ0v) is 22.4. The zero-order chi connectivity index (χ0) is 27.1. The Morgan fingerprint density at radius 2 is 1.74 bits per heavy atom. The van der Waals surface area contributed by atoms with Gasteiger partial charge in [-0.05, 0) is 73.2 Å². The predicted octanol–water partition coefficient (Wildman–Crippen LogP) is 5.69. The summed E-state index contributed by atoms with van der Waals surface area (Å²) in [6, 6.07) is 20.8. The van der Waals surface area contributed by atoms with Gasteiger partial charge in [-0.2, -0.15) is 0 Å². The Morgan fingerprint density at radius 3 is 2.37 bits per heavy atom. The lowest BCUT2D eigenvalue weighted by Gasteiger charge is -2.32. The first-order valence-electron chi connectivity index (χ1n) is 11.9. The Morgan fingerprint density at radius 1 is 1.05 bits per heavy atom. The van der Waals surface area contributed by atoms with Crippen molar-refractivity contribution >= 4 is 57.7 Å². The summed E-state index contributed by atoms with van der Waals surface area (Å²) in [5.74, 6) is -0.297. The molecular formula is C28H26ClN3O5S. The summed E-state index contributed by atoms with van der Waals surface area (Å²) in [6.07, 6.45) is 0.00658. The van der Waals surface area contributed by atoms with Crippen LogP contribution in [0.1, 0.15) is 29.3 Å². The summed E-state index contributed by atoms with van der Waals surface area (Å²) < 4.78 is 10.2. The van der Waals surface area contributed by atoms with Crippen molar-refractivity contribution in [1.82, 2.24) is 4.90 Å². The Labute approximate surface area is 230 Å². The molecule has 1 aliphatic heterocycles. The van der Waals surface area contributed by atoms with Gasteiger partial charge in [0.2, 0.25) is 11.8 Å². The first-order chi connectivity index (χ1) is 18.4. The summed E-state index contributed by atoms with van der Waals surface area (Å²) in [7, 11) is 1.30. The second-order valence-corrected chi connectivity index (χ2v) is 9.90. The van der Waals surface area contributed by atoms with Gasteiger partial charge in [-0.15, -0.1) is 0 Å². The van der Waals surface area contributed by atoms with Crippen molar-refractivity contribution in [2.24, 2.45) is 4.99 Å². The maximum absolute atomic E-state index is 13.3. The van der Waals surface area contributed by atoms with E-state index in [2.05, 4.69) is 5.32 Å². The number of anilines is 1. The molecule has 0 aliphatic carbocycles.